The first-order valence-electron chi connectivity index (χ1n) is 11.3. The summed E-state index contributed by atoms with van der Waals surface area (Å²) in [7, 11) is 2.98. The number of hydrogen-bond acceptors (Lipinski definition) is 2. The summed E-state index contributed by atoms with van der Waals surface area (Å²) < 4.78 is 0. The molecule has 0 unspecified atom stereocenters. The van der Waals surface area contributed by atoms with E-state index in [0.29, 0.717) is 0 Å². The van der Waals surface area contributed by atoms with Crippen molar-refractivity contribution in [1.82, 2.24) is 5.32 Å². The first-order chi connectivity index (χ1) is 17.4. The zero-order valence-corrected chi connectivity index (χ0v) is 24.0. The molecule has 2 nitrogen and oxygen atoms in total. The maximum atomic E-state index is 7.75. The second-order valence-electron chi connectivity index (χ2n) is 7.53. The van der Waals surface area contributed by atoms with E-state index in [2.05, 4.69) is 150 Å². The van der Waals surface area contributed by atoms with E-state index in [1.165, 1.54) is 27.4 Å². The van der Waals surface area contributed by atoms with Crippen LogP contribution in [0.1, 0.15) is 0 Å². The van der Waals surface area contributed by atoms with E-state index in [1.54, 1.807) is 0 Å². The van der Waals surface area contributed by atoms with Gasteiger partial charge in [-0.1, -0.05) is 72.8 Å². The smallest absolute Gasteiger partial charge is 0.0967 e. The van der Waals surface area contributed by atoms with Gasteiger partial charge in [-0.25, -0.2) is 6.54 Å². The summed E-state index contributed by atoms with van der Waals surface area (Å²) >= 11 is 1.82. The topological polar surface area (TPSA) is 29.1 Å². The molecule has 0 heterocycles. The van der Waals surface area contributed by atoms with Gasteiger partial charge in [0.25, 0.3) is 0 Å². The fourth-order valence-electron chi connectivity index (χ4n) is 3.89. The zero-order chi connectivity index (χ0) is 25.1. The Kier molecular flexibility index (Phi) is 15.6. The fourth-order valence-corrected chi connectivity index (χ4v) is 8.73. The van der Waals surface area contributed by atoms with Crippen molar-refractivity contribution in [3.8, 4) is 0 Å². The molecule has 1 N–H and O–H groups in total. The predicted molar refractivity (Wildman–Crippen MR) is 156 cm³/mol. The second-order valence-corrected chi connectivity index (χ2v) is 12.7. The quantitative estimate of drug-likeness (QED) is 0.0916. The minimum absolute atomic E-state index is 0.778. The monoisotopic (exact) mass is 608 g/mol. The van der Waals surface area contributed by atoms with Gasteiger partial charge in [0, 0.05) is 14.5 Å². The van der Waals surface area contributed by atoms with Crippen molar-refractivity contribution in [2.75, 3.05) is 18.9 Å². The molecule has 4 rings (SSSR count). The van der Waals surface area contributed by atoms with E-state index >= 15 is 0 Å². The number of nitrogens with one attached hydrogen (secondary N) is 1. The van der Waals surface area contributed by atoms with Crippen molar-refractivity contribution >= 4 is 53.5 Å². The van der Waals surface area contributed by atoms with Crippen LogP contribution in [0, 0.1) is 6.54 Å². The van der Waals surface area contributed by atoms with E-state index in [4.69, 9.17) is 4.79 Å². The number of benzene rings is 4. The van der Waals surface area contributed by atoms with Gasteiger partial charge in [0.2, 0.25) is 0 Å². The molecule has 0 aliphatic heterocycles. The SMILES string of the molecule is [CH-]=O.[Cl][Ru+3].c1ccc([PH+](C[CH-]NCC[PH+](c2ccccc2)c2ccccc2)c2ccccc2)cc1. The minimum Gasteiger partial charge on any atom is -0.464 e. The Morgan fingerprint density at radius 1 is 0.600 bits per heavy atom. The Morgan fingerprint density at radius 3 is 1.26 bits per heavy atom. The van der Waals surface area contributed by atoms with E-state index < -0.39 is 15.8 Å². The molecule has 0 saturated carbocycles. The Bertz CT molecular complexity index is 879. The van der Waals surface area contributed by atoms with E-state index in [1.807, 2.05) is 17.3 Å². The third-order valence-electron chi connectivity index (χ3n) is 5.46. The normalized spacial score (nSPS) is 10.1. The van der Waals surface area contributed by atoms with E-state index in [9.17, 15) is 0 Å². The molecule has 0 radical (unpaired) electrons. The van der Waals surface area contributed by atoms with Gasteiger partial charge in [0.1, 0.15) is 0 Å². The van der Waals surface area contributed by atoms with Gasteiger partial charge in [-0.3, -0.25) is 6.79 Å². The van der Waals surface area contributed by atoms with Crippen LogP contribution >= 0.6 is 25.5 Å². The summed E-state index contributed by atoms with van der Waals surface area (Å²) in [4.78, 5) is 7.75. The van der Waals surface area contributed by atoms with Gasteiger partial charge in [0.15, 0.2) is 0 Å². The average molecular weight is 608 g/mol. The number of carbonyl (C=O) groups excluding carboxylic acids is 1. The molecule has 0 atom stereocenters. The van der Waals surface area contributed by atoms with Crippen LogP contribution in [0.2, 0.25) is 0 Å². The molecule has 4 aromatic rings. The fraction of sp³-hybridized carbons (Fsp3) is 0.103. The molecule has 180 valence electrons. The third kappa shape index (κ3) is 10.0. The van der Waals surface area contributed by atoms with Crippen molar-refractivity contribution in [3.63, 3.8) is 0 Å². The molecule has 0 aromatic heterocycles. The molecular formula is C29H31ClNOP2Ru+3. The predicted octanol–water partition coefficient (Wildman–Crippen LogP) is 4.88. The molecule has 0 saturated heterocycles. The molecule has 0 aliphatic carbocycles. The summed E-state index contributed by atoms with van der Waals surface area (Å²) in [6.45, 7) is 6.57. The van der Waals surface area contributed by atoms with Gasteiger partial charge in [0.05, 0.1) is 35.3 Å². The molecule has 4 aromatic carbocycles. The molecular weight excluding hydrogens is 577 g/mol. The van der Waals surface area contributed by atoms with Gasteiger partial charge in [-0.2, -0.15) is 0 Å². The molecule has 35 heavy (non-hydrogen) atoms. The van der Waals surface area contributed by atoms with E-state index in [-0.39, 0.29) is 0 Å². The first-order valence-corrected chi connectivity index (χ1v) is 16.9. The van der Waals surface area contributed by atoms with Crippen molar-refractivity contribution in [1.29, 1.82) is 0 Å². The van der Waals surface area contributed by atoms with Gasteiger partial charge in [-0.05, 0) is 54.7 Å². The molecule has 0 bridgehead atoms. The molecule has 0 amide bonds. The van der Waals surface area contributed by atoms with Crippen molar-refractivity contribution < 1.29 is 22.1 Å². The summed E-state index contributed by atoms with van der Waals surface area (Å²) in [6.07, 6.45) is 2.26. The number of rotatable bonds is 10. The van der Waals surface area contributed by atoms with Gasteiger partial charge < -0.3 is 10.1 Å². The van der Waals surface area contributed by atoms with Crippen LogP contribution in [0.3, 0.4) is 0 Å². The summed E-state index contributed by atoms with van der Waals surface area (Å²) in [5, 5.41) is 9.56. The Morgan fingerprint density at radius 2 is 0.914 bits per heavy atom. The van der Waals surface area contributed by atoms with E-state index in [0.717, 1.165) is 12.7 Å². The van der Waals surface area contributed by atoms with Crippen molar-refractivity contribution in [3.05, 3.63) is 128 Å². The van der Waals surface area contributed by atoms with Crippen molar-refractivity contribution in [2.45, 2.75) is 0 Å². The Hall–Kier alpha value is -1.72. The van der Waals surface area contributed by atoms with Gasteiger partial charge >= 0.3 is 27.0 Å². The minimum atomic E-state index is -0.813. The van der Waals surface area contributed by atoms with Gasteiger partial charge in [-0.15, -0.1) is 0 Å². The maximum Gasteiger partial charge on any atom is 0.0967 e. The van der Waals surface area contributed by atoms with Crippen molar-refractivity contribution in [2.24, 2.45) is 0 Å². The summed E-state index contributed by atoms with van der Waals surface area (Å²) in [5.74, 6) is 0. The summed E-state index contributed by atoms with van der Waals surface area (Å²) in [6, 6.07) is 44.0. The molecule has 0 aliphatic rings. The Labute approximate surface area is 226 Å². The Balaban J connectivity index is 0.00000103. The largest absolute Gasteiger partial charge is 0.464 e. The van der Waals surface area contributed by atoms with Crippen LogP contribution < -0.4 is 26.5 Å². The molecule has 0 spiro atoms. The van der Waals surface area contributed by atoms with Crippen LogP contribution in [0.4, 0.5) is 0 Å². The molecule has 6 heteroatoms. The summed E-state index contributed by atoms with van der Waals surface area (Å²) in [5.41, 5.74) is 0. The van der Waals surface area contributed by atoms with Crippen LogP contribution in [0.25, 0.3) is 0 Å². The second kappa shape index (κ2) is 18.5. The first kappa shape index (κ1) is 29.5. The number of halogens is 1. The van der Waals surface area contributed by atoms with Crippen LogP contribution in [0.15, 0.2) is 121 Å². The maximum absolute atomic E-state index is 7.75. The zero-order valence-electron chi connectivity index (χ0n) is 19.5. The third-order valence-corrected chi connectivity index (χ3v) is 10.9. The standard InChI is InChI=1S/C28H28NP2.CHO.ClH.Ru/c1-5-13-25(14-6-1)30(26-15-7-2-8-16-26)23-21-29-22-24-31(27-17-9-3-10-18-27)28-19-11-4-12-20-28;1-2;;/h1-21,29H,22-24H2;1H;1H;/q2*-1;;+4/p+1. The van der Waals surface area contributed by atoms with Crippen LogP contribution in [-0.2, 0) is 22.1 Å². The average Bonchev–Trinajstić information content (AvgIpc) is 2.97. The molecule has 0 fully saturated rings. The number of hydrogen-bond donors (Lipinski definition) is 1. The van der Waals surface area contributed by atoms with Crippen LogP contribution in [-0.4, -0.2) is 25.7 Å². The van der Waals surface area contributed by atoms with Crippen LogP contribution in [0.5, 0.6) is 0 Å².